The molecule has 2 N–H and O–H groups in total. The van der Waals surface area contributed by atoms with Gasteiger partial charge in [0.2, 0.25) is 5.91 Å². The Kier molecular flexibility index (Phi) is 4.43. The number of benzene rings is 1. The van der Waals surface area contributed by atoms with Crippen LogP contribution in [0.5, 0.6) is 0 Å². The van der Waals surface area contributed by atoms with E-state index in [1.54, 1.807) is 12.1 Å². The van der Waals surface area contributed by atoms with E-state index in [2.05, 4.69) is 24.5 Å². The Morgan fingerprint density at radius 2 is 1.95 bits per heavy atom. The fourth-order valence-corrected chi connectivity index (χ4v) is 2.84. The standard InChI is InChI=1S/C16H23FN2O/c1-11(2)16(8-9-18-10-16)15(20)19-12(3)13-4-6-14(17)7-5-13/h4-7,11-12,18H,8-10H2,1-3H3,(H,19,20)/t12-,16?/m0/s1. The van der Waals surface area contributed by atoms with Crippen molar-refractivity contribution in [2.75, 3.05) is 13.1 Å². The van der Waals surface area contributed by atoms with E-state index in [0.29, 0.717) is 0 Å². The molecule has 0 saturated carbocycles. The van der Waals surface area contributed by atoms with Crippen molar-refractivity contribution in [2.45, 2.75) is 33.2 Å². The summed E-state index contributed by atoms with van der Waals surface area (Å²) in [5.74, 6) is 0.123. The Morgan fingerprint density at radius 1 is 1.30 bits per heavy atom. The minimum atomic E-state index is -0.325. The molecule has 110 valence electrons. The lowest BCUT2D eigenvalue weighted by atomic mass is 9.75. The SMILES string of the molecule is CC(C)C1(C(=O)N[C@@H](C)c2ccc(F)cc2)CCNC1. The summed E-state index contributed by atoms with van der Waals surface area (Å²) in [6, 6.07) is 6.17. The Bertz CT molecular complexity index is 464. The number of nitrogens with one attached hydrogen (secondary N) is 2. The molecule has 1 aliphatic heterocycles. The van der Waals surface area contributed by atoms with Gasteiger partial charge in [0.15, 0.2) is 0 Å². The maximum atomic E-state index is 12.9. The Hall–Kier alpha value is -1.42. The average Bonchev–Trinajstić information content (AvgIpc) is 2.90. The van der Waals surface area contributed by atoms with Crippen LogP contribution in [0.2, 0.25) is 0 Å². The minimum Gasteiger partial charge on any atom is -0.349 e. The lowest BCUT2D eigenvalue weighted by Crippen LogP contribution is -2.46. The summed E-state index contributed by atoms with van der Waals surface area (Å²) < 4.78 is 12.9. The zero-order chi connectivity index (χ0) is 14.8. The van der Waals surface area contributed by atoms with Crippen molar-refractivity contribution in [2.24, 2.45) is 11.3 Å². The molecular weight excluding hydrogens is 255 g/mol. The fourth-order valence-electron chi connectivity index (χ4n) is 2.84. The molecule has 1 saturated heterocycles. The quantitative estimate of drug-likeness (QED) is 0.889. The second-order valence-electron chi connectivity index (χ2n) is 5.98. The zero-order valence-corrected chi connectivity index (χ0v) is 12.4. The first-order chi connectivity index (χ1) is 9.45. The molecule has 1 aromatic carbocycles. The number of halogens is 1. The molecule has 1 fully saturated rings. The summed E-state index contributed by atoms with van der Waals surface area (Å²) in [6.07, 6.45) is 0.868. The van der Waals surface area contributed by atoms with Crippen LogP contribution < -0.4 is 10.6 Å². The molecule has 0 aliphatic carbocycles. The normalized spacial score (nSPS) is 23.9. The predicted molar refractivity (Wildman–Crippen MR) is 77.7 cm³/mol. The molecular formula is C16H23FN2O. The Morgan fingerprint density at radius 3 is 2.45 bits per heavy atom. The van der Waals surface area contributed by atoms with E-state index in [1.165, 1.54) is 12.1 Å². The summed E-state index contributed by atoms with van der Waals surface area (Å²) in [7, 11) is 0. The highest BCUT2D eigenvalue weighted by Crippen LogP contribution is 2.35. The molecule has 20 heavy (non-hydrogen) atoms. The molecule has 2 atom stereocenters. The van der Waals surface area contributed by atoms with Gasteiger partial charge in [-0.05, 0) is 43.5 Å². The van der Waals surface area contributed by atoms with E-state index in [-0.39, 0.29) is 29.1 Å². The van der Waals surface area contributed by atoms with Gasteiger partial charge in [-0.2, -0.15) is 0 Å². The smallest absolute Gasteiger partial charge is 0.228 e. The van der Waals surface area contributed by atoms with Crippen LogP contribution in [0.3, 0.4) is 0 Å². The second-order valence-corrected chi connectivity index (χ2v) is 5.98. The Labute approximate surface area is 120 Å². The van der Waals surface area contributed by atoms with Crippen LogP contribution in [0.25, 0.3) is 0 Å². The Balaban J connectivity index is 2.08. The van der Waals surface area contributed by atoms with Crippen molar-refractivity contribution in [1.29, 1.82) is 0 Å². The van der Waals surface area contributed by atoms with Crippen molar-refractivity contribution < 1.29 is 9.18 Å². The van der Waals surface area contributed by atoms with E-state index in [4.69, 9.17) is 0 Å². The summed E-state index contributed by atoms with van der Waals surface area (Å²) >= 11 is 0. The minimum absolute atomic E-state index is 0.0920. The highest BCUT2D eigenvalue weighted by Gasteiger charge is 2.44. The van der Waals surface area contributed by atoms with Gasteiger partial charge < -0.3 is 10.6 Å². The molecule has 1 unspecified atom stereocenters. The van der Waals surface area contributed by atoms with Crippen molar-refractivity contribution in [3.63, 3.8) is 0 Å². The van der Waals surface area contributed by atoms with Crippen LogP contribution in [-0.4, -0.2) is 19.0 Å². The number of hydrogen-bond donors (Lipinski definition) is 2. The summed E-state index contributed by atoms with van der Waals surface area (Å²) in [5.41, 5.74) is 0.596. The number of carbonyl (C=O) groups is 1. The summed E-state index contributed by atoms with van der Waals surface area (Å²) in [4.78, 5) is 12.6. The maximum absolute atomic E-state index is 12.9. The molecule has 1 aliphatic rings. The van der Waals surface area contributed by atoms with Gasteiger partial charge in [0.05, 0.1) is 11.5 Å². The molecule has 0 radical (unpaired) electrons. The van der Waals surface area contributed by atoms with Gasteiger partial charge in [-0.15, -0.1) is 0 Å². The number of carbonyl (C=O) groups excluding carboxylic acids is 1. The van der Waals surface area contributed by atoms with Crippen LogP contribution in [0.1, 0.15) is 38.8 Å². The first-order valence-electron chi connectivity index (χ1n) is 7.23. The zero-order valence-electron chi connectivity index (χ0n) is 12.4. The molecule has 1 heterocycles. The van der Waals surface area contributed by atoms with Gasteiger partial charge in [0.1, 0.15) is 5.82 Å². The number of rotatable bonds is 4. The van der Waals surface area contributed by atoms with Gasteiger partial charge in [-0.1, -0.05) is 26.0 Å². The summed E-state index contributed by atoms with van der Waals surface area (Å²) in [6.45, 7) is 7.73. The molecule has 0 spiro atoms. The third-order valence-corrected chi connectivity index (χ3v) is 4.46. The maximum Gasteiger partial charge on any atom is 0.228 e. The molecule has 1 aromatic rings. The van der Waals surface area contributed by atoms with Crippen LogP contribution in [0.15, 0.2) is 24.3 Å². The van der Waals surface area contributed by atoms with Gasteiger partial charge in [-0.3, -0.25) is 4.79 Å². The number of hydrogen-bond acceptors (Lipinski definition) is 2. The van der Waals surface area contributed by atoms with Crippen LogP contribution in [0, 0.1) is 17.2 Å². The molecule has 2 rings (SSSR count). The largest absolute Gasteiger partial charge is 0.349 e. The average molecular weight is 278 g/mol. The van der Waals surface area contributed by atoms with Crippen LogP contribution in [0.4, 0.5) is 4.39 Å². The lowest BCUT2D eigenvalue weighted by molar-refractivity contribution is -0.133. The molecule has 0 aromatic heterocycles. The number of amides is 1. The molecule has 1 amide bonds. The van der Waals surface area contributed by atoms with Crippen LogP contribution in [-0.2, 0) is 4.79 Å². The molecule has 0 bridgehead atoms. The van der Waals surface area contributed by atoms with Crippen LogP contribution >= 0.6 is 0 Å². The predicted octanol–water partition coefficient (Wildman–Crippen LogP) is 2.64. The highest BCUT2D eigenvalue weighted by atomic mass is 19.1. The van der Waals surface area contributed by atoms with Crippen molar-refractivity contribution in [3.8, 4) is 0 Å². The third kappa shape index (κ3) is 2.85. The lowest BCUT2D eigenvalue weighted by Gasteiger charge is -2.32. The summed E-state index contributed by atoms with van der Waals surface area (Å²) in [5, 5.41) is 6.36. The molecule has 3 nitrogen and oxygen atoms in total. The van der Waals surface area contributed by atoms with Gasteiger partial charge >= 0.3 is 0 Å². The van der Waals surface area contributed by atoms with E-state index >= 15 is 0 Å². The third-order valence-electron chi connectivity index (χ3n) is 4.46. The van der Waals surface area contributed by atoms with Gasteiger partial charge in [0, 0.05) is 6.54 Å². The van der Waals surface area contributed by atoms with E-state index < -0.39 is 0 Å². The molecule has 4 heteroatoms. The monoisotopic (exact) mass is 278 g/mol. The van der Waals surface area contributed by atoms with E-state index in [9.17, 15) is 9.18 Å². The van der Waals surface area contributed by atoms with Crippen molar-refractivity contribution in [1.82, 2.24) is 10.6 Å². The fraction of sp³-hybridized carbons (Fsp3) is 0.562. The highest BCUT2D eigenvalue weighted by molar-refractivity contribution is 5.84. The van der Waals surface area contributed by atoms with Crippen molar-refractivity contribution in [3.05, 3.63) is 35.6 Å². The van der Waals surface area contributed by atoms with E-state index in [1.807, 2.05) is 6.92 Å². The first-order valence-corrected chi connectivity index (χ1v) is 7.23. The second kappa shape index (κ2) is 5.92. The van der Waals surface area contributed by atoms with Gasteiger partial charge in [0.25, 0.3) is 0 Å². The topological polar surface area (TPSA) is 41.1 Å². The first kappa shape index (κ1) is 15.0. The van der Waals surface area contributed by atoms with E-state index in [0.717, 1.165) is 25.1 Å². The van der Waals surface area contributed by atoms with Gasteiger partial charge in [-0.25, -0.2) is 4.39 Å². The van der Waals surface area contributed by atoms with Crippen molar-refractivity contribution >= 4 is 5.91 Å².